The van der Waals surface area contributed by atoms with Crippen molar-refractivity contribution in [2.24, 2.45) is 0 Å². The van der Waals surface area contributed by atoms with Crippen LogP contribution < -0.4 is 0 Å². The summed E-state index contributed by atoms with van der Waals surface area (Å²) in [7, 11) is 0. The van der Waals surface area contributed by atoms with Crippen LogP contribution in [0.5, 0.6) is 0 Å². The van der Waals surface area contributed by atoms with Crippen molar-refractivity contribution in [3.63, 3.8) is 0 Å². The van der Waals surface area contributed by atoms with Crippen molar-refractivity contribution >= 4 is 11.7 Å². The van der Waals surface area contributed by atoms with E-state index in [4.69, 9.17) is 0 Å². The van der Waals surface area contributed by atoms with Gasteiger partial charge in [-0.05, 0) is 59.6 Å². The summed E-state index contributed by atoms with van der Waals surface area (Å²) in [5.74, 6) is 0. The predicted octanol–water partition coefficient (Wildman–Crippen LogP) is 7.72. The van der Waals surface area contributed by atoms with Crippen LogP contribution in [0, 0.1) is 0 Å². The van der Waals surface area contributed by atoms with Crippen LogP contribution in [0.15, 0.2) is 41.5 Å². The quantitative estimate of drug-likeness (QED) is 0.267. The number of carbonyl (C=O) groups excluding carboxylic acids is 1. The number of halogens is 6. The van der Waals surface area contributed by atoms with Crippen LogP contribution in [0.4, 0.5) is 31.1 Å². The van der Waals surface area contributed by atoms with Gasteiger partial charge in [-0.1, -0.05) is 41.5 Å². The zero-order valence-corrected chi connectivity index (χ0v) is 18.4. The number of rotatable bonds is 4. The van der Waals surface area contributed by atoms with E-state index in [-0.39, 0.29) is 0 Å². The fourth-order valence-electron chi connectivity index (χ4n) is 2.75. The minimum atomic E-state index is -6.00. The molecule has 0 saturated carbocycles. The van der Waals surface area contributed by atoms with Gasteiger partial charge in [-0.2, -0.15) is 26.3 Å². The third-order valence-electron chi connectivity index (χ3n) is 4.00. The number of hydrogen-bond donors (Lipinski definition) is 0. The van der Waals surface area contributed by atoms with Crippen LogP contribution in [0.25, 0.3) is 5.57 Å². The van der Waals surface area contributed by atoms with Crippen LogP contribution >= 0.6 is 0 Å². The molecule has 0 atom stereocenters. The third kappa shape index (κ3) is 6.27. The lowest BCUT2D eigenvalue weighted by atomic mass is 9.89. The highest BCUT2D eigenvalue weighted by Crippen LogP contribution is 2.53. The lowest BCUT2D eigenvalue weighted by Gasteiger charge is -2.37. The maximum absolute atomic E-state index is 13.8. The molecule has 0 N–H and O–H groups in total. The molecular formula is C22H26F6O3. The van der Waals surface area contributed by atoms with E-state index in [1.807, 2.05) is 13.8 Å². The fraction of sp³-hybridized carbons (Fsp3) is 0.500. The van der Waals surface area contributed by atoms with Gasteiger partial charge in [0, 0.05) is 5.56 Å². The SMILES string of the molecule is CC(C)=CC(=C(C)C)c1ccc(C(OC(=O)OC(C)(C)C)(C(F)(F)F)C(F)(F)F)cc1. The lowest BCUT2D eigenvalue weighted by molar-refractivity contribution is -0.377. The highest BCUT2D eigenvalue weighted by Gasteiger charge is 2.75. The van der Waals surface area contributed by atoms with E-state index in [1.165, 1.54) is 20.8 Å². The Hall–Kier alpha value is -2.45. The summed E-state index contributed by atoms with van der Waals surface area (Å²) >= 11 is 0. The molecule has 31 heavy (non-hydrogen) atoms. The molecular weight excluding hydrogens is 426 g/mol. The standard InChI is InChI=1S/C22H26F6O3/c1-13(2)12-17(14(3)4)15-8-10-16(11-9-15)20(21(23,24)25,22(26,27)28)31-18(29)30-19(5,6)7/h8-12H,1-7H3. The second kappa shape index (κ2) is 8.96. The first kappa shape index (κ1) is 26.6. The molecule has 1 aromatic rings. The first-order valence-electron chi connectivity index (χ1n) is 9.30. The van der Waals surface area contributed by atoms with Crippen molar-refractivity contribution < 1.29 is 40.6 Å². The van der Waals surface area contributed by atoms with E-state index >= 15 is 0 Å². The van der Waals surface area contributed by atoms with Crippen molar-refractivity contribution in [3.05, 3.63) is 52.6 Å². The first-order valence-corrected chi connectivity index (χ1v) is 9.30. The molecule has 0 spiro atoms. The molecule has 0 heterocycles. The molecule has 1 aromatic carbocycles. The van der Waals surface area contributed by atoms with Gasteiger partial charge >= 0.3 is 24.1 Å². The Morgan fingerprint density at radius 1 is 0.806 bits per heavy atom. The second-order valence-electron chi connectivity index (χ2n) is 8.46. The zero-order chi connectivity index (χ0) is 24.4. The molecule has 0 radical (unpaired) electrons. The predicted molar refractivity (Wildman–Crippen MR) is 105 cm³/mol. The maximum atomic E-state index is 13.8. The minimum absolute atomic E-state index is 0.417. The lowest BCUT2D eigenvalue weighted by Crippen LogP contribution is -2.57. The van der Waals surface area contributed by atoms with Crippen LogP contribution in [-0.2, 0) is 15.1 Å². The normalized spacial score (nSPS) is 12.8. The van der Waals surface area contributed by atoms with Gasteiger partial charge in [0.15, 0.2) is 0 Å². The molecule has 1 rings (SSSR count). The van der Waals surface area contributed by atoms with E-state index in [2.05, 4.69) is 9.47 Å². The topological polar surface area (TPSA) is 35.5 Å². The van der Waals surface area contributed by atoms with Gasteiger partial charge in [0.1, 0.15) is 5.60 Å². The van der Waals surface area contributed by atoms with Crippen molar-refractivity contribution in [2.75, 3.05) is 0 Å². The highest BCUT2D eigenvalue weighted by molar-refractivity contribution is 5.76. The molecule has 9 heteroatoms. The van der Waals surface area contributed by atoms with Crippen LogP contribution in [0.3, 0.4) is 0 Å². The summed E-state index contributed by atoms with van der Waals surface area (Å²) in [4.78, 5) is 11.9. The number of hydrogen-bond acceptors (Lipinski definition) is 3. The van der Waals surface area contributed by atoms with E-state index in [0.29, 0.717) is 23.3 Å². The first-order chi connectivity index (χ1) is 13.8. The Balaban J connectivity index is 3.66. The van der Waals surface area contributed by atoms with Crippen LogP contribution in [0.2, 0.25) is 0 Å². The molecule has 0 amide bonds. The van der Waals surface area contributed by atoms with Crippen LogP contribution in [-0.4, -0.2) is 24.1 Å². The molecule has 0 saturated heterocycles. The van der Waals surface area contributed by atoms with Crippen molar-refractivity contribution in [2.45, 2.75) is 72.0 Å². The average Bonchev–Trinajstić information content (AvgIpc) is 2.53. The van der Waals surface area contributed by atoms with Gasteiger partial charge in [-0.3, -0.25) is 0 Å². The number of carbonyl (C=O) groups is 1. The van der Waals surface area contributed by atoms with Gasteiger partial charge in [-0.25, -0.2) is 4.79 Å². The van der Waals surface area contributed by atoms with E-state index in [0.717, 1.165) is 23.3 Å². The number of allylic oxidation sites excluding steroid dienone is 4. The Kier molecular flexibility index (Phi) is 7.69. The summed E-state index contributed by atoms with van der Waals surface area (Å²) in [6.45, 7) is 11.0. The monoisotopic (exact) mass is 452 g/mol. The largest absolute Gasteiger partial charge is 0.510 e. The smallest absolute Gasteiger partial charge is 0.429 e. The second-order valence-corrected chi connectivity index (χ2v) is 8.46. The Morgan fingerprint density at radius 3 is 1.58 bits per heavy atom. The Morgan fingerprint density at radius 2 is 1.26 bits per heavy atom. The zero-order valence-electron chi connectivity index (χ0n) is 18.4. The highest BCUT2D eigenvalue weighted by atomic mass is 19.4. The summed E-state index contributed by atoms with van der Waals surface area (Å²) in [6.07, 6.45) is -12.3. The maximum Gasteiger partial charge on any atom is 0.510 e. The van der Waals surface area contributed by atoms with E-state index in [1.54, 1.807) is 19.9 Å². The van der Waals surface area contributed by atoms with Gasteiger partial charge < -0.3 is 9.47 Å². The summed E-state index contributed by atoms with van der Waals surface area (Å²) < 4.78 is 91.6. The average molecular weight is 452 g/mol. The van der Waals surface area contributed by atoms with E-state index in [9.17, 15) is 31.1 Å². The van der Waals surface area contributed by atoms with Gasteiger partial charge in [0.2, 0.25) is 0 Å². The van der Waals surface area contributed by atoms with Crippen molar-refractivity contribution in [1.29, 1.82) is 0 Å². The summed E-state index contributed by atoms with van der Waals surface area (Å²) in [6, 6.07) is 3.56. The molecule has 0 fully saturated rings. The number of ether oxygens (including phenoxy) is 2. The van der Waals surface area contributed by atoms with Gasteiger partial charge in [0.25, 0.3) is 0 Å². The summed E-state index contributed by atoms with van der Waals surface area (Å²) in [5.41, 5.74) is -4.74. The van der Waals surface area contributed by atoms with Gasteiger partial charge in [0.05, 0.1) is 0 Å². The third-order valence-corrected chi connectivity index (χ3v) is 4.00. The molecule has 0 aliphatic carbocycles. The fourth-order valence-corrected chi connectivity index (χ4v) is 2.75. The molecule has 3 nitrogen and oxygen atoms in total. The van der Waals surface area contributed by atoms with Crippen molar-refractivity contribution in [1.82, 2.24) is 0 Å². The molecule has 0 unspecified atom stereocenters. The Bertz CT molecular complexity index is 831. The van der Waals surface area contributed by atoms with Gasteiger partial charge in [-0.15, -0.1) is 0 Å². The molecule has 0 bridgehead atoms. The molecule has 0 aliphatic rings. The molecule has 0 aromatic heterocycles. The molecule has 0 aliphatic heterocycles. The van der Waals surface area contributed by atoms with Crippen LogP contribution in [0.1, 0.15) is 59.6 Å². The number of benzene rings is 1. The summed E-state index contributed by atoms with van der Waals surface area (Å²) in [5, 5.41) is 0. The molecule has 174 valence electrons. The minimum Gasteiger partial charge on any atom is -0.429 e. The van der Waals surface area contributed by atoms with Crippen molar-refractivity contribution in [3.8, 4) is 0 Å². The van der Waals surface area contributed by atoms with E-state index < -0.39 is 35.3 Å². The number of alkyl halides is 6. The Labute approximate surface area is 177 Å².